The van der Waals surface area contributed by atoms with E-state index in [1.807, 2.05) is 0 Å². The van der Waals surface area contributed by atoms with Gasteiger partial charge in [-0.05, 0) is 60.7 Å². The summed E-state index contributed by atoms with van der Waals surface area (Å²) in [6.45, 7) is 0. The summed E-state index contributed by atoms with van der Waals surface area (Å²) in [5, 5.41) is 3.19. The highest BCUT2D eigenvalue weighted by Gasteiger charge is 2.18. The van der Waals surface area contributed by atoms with Gasteiger partial charge in [0.1, 0.15) is 5.75 Å². The second-order valence-electron chi connectivity index (χ2n) is 5.64. The van der Waals surface area contributed by atoms with Crippen LogP contribution in [0.4, 0.5) is 5.69 Å². The molecule has 0 heterocycles. The number of anilines is 1. The van der Waals surface area contributed by atoms with E-state index >= 15 is 0 Å². The van der Waals surface area contributed by atoms with Gasteiger partial charge in [0.05, 0.1) is 22.5 Å². The third-order valence-electron chi connectivity index (χ3n) is 3.90. The van der Waals surface area contributed by atoms with Crippen LogP contribution in [-0.4, -0.2) is 21.4 Å². The Hall–Kier alpha value is -2.83. The summed E-state index contributed by atoms with van der Waals surface area (Å²) < 4.78 is 30.4. The van der Waals surface area contributed by atoms with Crippen LogP contribution in [0.15, 0.2) is 82.6 Å². The summed E-state index contributed by atoms with van der Waals surface area (Å²) in [6.07, 6.45) is 0. The molecule has 0 unspecified atom stereocenters. The lowest BCUT2D eigenvalue weighted by atomic mass is 10.2. The lowest BCUT2D eigenvalue weighted by Crippen LogP contribution is -2.13. The molecule has 138 valence electrons. The lowest BCUT2D eigenvalue weighted by molar-refractivity contribution is 0.102. The van der Waals surface area contributed by atoms with Gasteiger partial charge >= 0.3 is 0 Å². The van der Waals surface area contributed by atoms with Crippen LogP contribution in [0, 0.1) is 0 Å². The first-order valence-corrected chi connectivity index (χ1v) is 9.83. The molecule has 0 saturated heterocycles. The zero-order valence-electron chi connectivity index (χ0n) is 14.3. The van der Waals surface area contributed by atoms with Crippen LogP contribution in [0.3, 0.4) is 0 Å². The van der Waals surface area contributed by atoms with Crippen LogP contribution in [0.25, 0.3) is 0 Å². The van der Waals surface area contributed by atoms with Gasteiger partial charge in [-0.1, -0.05) is 23.7 Å². The molecule has 0 fully saturated rings. The number of ether oxygens (including phenoxy) is 1. The molecule has 1 N–H and O–H groups in total. The van der Waals surface area contributed by atoms with E-state index < -0.39 is 9.84 Å². The summed E-state index contributed by atoms with van der Waals surface area (Å²) >= 11 is 5.81. The number of hydrogen-bond donors (Lipinski definition) is 1. The number of sulfone groups is 1. The molecule has 0 bridgehead atoms. The Balaban J connectivity index is 1.81. The van der Waals surface area contributed by atoms with Crippen LogP contribution in [-0.2, 0) is 9.84 Å². The number of methoxy groups -OCH3 is 1. The highest BCUT2D eigenvalue weighted by atomic mass is 35.5. The summed E-state index contributed by atoms with van der Waals surface area (Å²) in [5.41, 5.74) is 0.860. The van der Waals surface area contributed by atoms with Crippen LogP contribution in [0.2, 0.25) is 5.02 Å². The number of carbonyl (C=O) groups excluding carboxylic acids is 1. The van der Waals surface area contributed by atoms with Gasteiger partial charge < -0.3 is 10.1 Å². The maximum atomic E-state index is 12.6. The summed E-state index contributed by atoms with van der Waals surface area (Å²) in [7, 11) is -2.17. The van der Waals surface area contributed by atoms with Gasteiger partial charge in [0, 0.05) is 10.7 Å². The van der Waals surface area contributed by atoms with E-state index in [4.69, 9.17) is 16.3 Å². The number of hydrogen-bond acceptors (Lipinski definition) is 4. The number of rotatable bonds is 5. The molecule has 0 atom stereocenters. The van der Waals surface area contributed by atoms with Crippen molar-refractivity contribution < 1.29 is 17.9 Å². The highest BCUT2D eigenvalue weighted by molar-refractivity contribution is 7.91. The molecule has 0 aliphatic rings. The highest BCUT2D eigenvalue weighted by Crippen LogP contribution is 2.24. The van der Waals surface area contributed by atoms with Crippen molar-refractivity contribution in [3.63, 3.8) is 0 Å². The Bertz CT molecular complexity index is 1060. The zero-order valence-corrected chi connectivity index (χ0v) is 15.9. The standard InChI is InChI=1S/C20H16ClNO4S/c1-26-19-5-3-2-4-18(19)20(23)22-15-8-12-17(13-9-15)27(24,25)16-10-6-14(21)7-11-16/h2-13H,1H3,(H,22,23). The fraction of sp³-hybridized carbons (Fsp3) is 0.0500. The smallest absolute Gasteiger partial charge is 0.259 e. The van der Waals surface area contributed by atoms with Crippen LogP contribution >= 0.6 is 11.6 Å². The Morgan fingerprint density at radius 2 is 1.44 bits per heavy atom. The Labute approximate surface area is 162 Å². The summed E-state index contributed by atoms with van der Waals surface area (Å²) in [4.78, 5) is 12.7. The number of nitrogens with one attached hydrogen (secondary N) is 1. The molecule has 0 spiro atoms. The quantitative estimate of drug-likeness (QED) is 0.686. The first-order chi connectivity index (χ1) is 12.9. The predicted octanol–water partition coefficient (Wildman–Crippen LogP) is 4.43. The Kier molecular flexibility index (Phi) is 5.48. The fourth-order valence-corrected chi connectivity index (χ4v) is 3.88. The number of amides is 1. The maximum Gasteiger partial charge on any atom is 0.259 e. The topological polar surface area (TPSA) is 72.5 Å². The van der Waals surface area contributed by atoms with E-state index in [9.17, 15) is 13.2 Å². The van der Waals surface area contributed by atoms with Crippen molar-refractivity contribution in [3.05, 3.63) is 83.4 Å². The number of halogens is 1. The molecule has 5 nitrogen and oxygen atoms in total. The van der Waals surface area contributed by atoms with Gasteiger partial charge in [0.2, 0.25) is 9.84 Å². The zero-order chi connectivity index (χ0) is 19.4. The molecule has 0 aromatic heterocycles. The molecule has 0 radical (unpaired) electrons. The van der Waals surface area contributed by atoms with Crippen molar-refractivity contribution in [2.75, 3.05) is 12.4 Å². The van der Waals surface area contributed by atoms with Gasteiger partial charge in [-0.25, -0.2) is 8.42 Å². The van der Waals surface area contributed by atoms with E-state index in [-0.39, 0.29) is 15.7 Å². The second-order valence-corrected chi connectivity index (χ2v) is 8.02. The minimum Gasteiger partial charge on any atom is -0.496 e. The van der Waals surface area contributed by atoms with E-state index in [0.29, 0.717) is 22.0 Å². The fourth-order valence-electron chi connectivity index (χ4n) is 2.50. The van der Waals surface area contributed by atoms with Gasteiger partial charge in [-0.2, -0.15) is 0 Å². The van der Waals surface area contributed by atoms with Crippen molar-refractivity contribution in [2.24, 2.45) is 0 Å². The number of para-hydroxylation sites is 1. The first kappa shape index (κ1) is 18.9. The third-order valence-corrected chi connectivity index (χ3v) is 5.94. The molecule has 0 aliphatic heterocycles. The van der Waals surface area contributed by atoms with Crippen LogP contribution in [0.1, 0.15) is 10.4 Å². The number of benzene rings is 3. The summed E-state index contributed by atoms with van der Waals surface area (Å²) in [5.74, 6) is 0.109. The minimum atomic E-state index is -3.66. The molecule has 0 aliphatic carbocycles. The maximum absolute atomic E-state index is 12.6. The predicted molar refractivity (Wildman–Crippen MR) is 104 cm³/mol. The number of carbonyl (C=O) groups is 1. The minimum absolute atomic E-state index is 0.125. The first-order valence-electron chi connectivity index (χ1n) is 7.97. The van der Waals surface area contributed by atoms with E-state index in [1.54, 1.807) is 24.3 Å². The second kappa shape index (κ2) is 7.82. The molecular formula is C20H16ClNO4S. The van der Waals surface area contributed by atoms with E-state index in [2.05, 4.69) is 5.32 Å². The van der Waals surface area contributed by atoms with Crippen LogP contribution < -0.4 is 10.1 Å². The molecule has 3 rings (SSSR count). The molecule has 0 saturated carbocycles. The van der Waals surface area contributed by atoms with E-state index in [0.717, 1.165) is 0 Å². The van der Waals surface area contributed by atoms with Gasteiger partial charge in [-0.15, -0.1) is 0 Å². The molecule has 1 amide bonds. The van der Waals surface area contributed by atoms with Crippen molar-refractivity contribution in [3.8, 4) is 5.75 Å². The van der Waals surface area contributed by atoms with Gasteiger partial charge in [-0.3, -0.25) is 4.79 Å². The Morgan fingerprint density at radius 3 is 2.04 bits per heavy atom. The molecule has 27 heavy (non-hydrogen) atoms. The average molecular weight is 402 g/mol. The third kappa shape index (κ3) is 4.13. The lowest BCUT2D eigenvalue weighted by Gasteiger charge is -2.10. The van der Waals surface area contributed by atoms with Gasteiger partial charge in [0.15, 0.2) is 0 Å². The molecule has 7 heteroatoms. The molecule has 3 aromatic rings. The van der Waals surface area contributed by atoms with Crippen molar-refractivity contribution >= 4 is 33.0 Å². The molecule has 3 aromatic carbocycles. The Morgan fingerprint density at radius 1 is 0.889 bits per heavy atom. The van der Waals surface area contributed by atoms with Crippen molar-refractivity contribution in [2.45, 2.75) is 9.79 Å². The normalized spacial score (nSPS) is 11.0. The summed E-state index contributed by atoms with van der Waals surface area (Å²) in [6, 6.07) is 18.8. The largest absolute Gasteiger partial charge is 0.496 e. The van der Waals surface area contributed by atoms with Crippen molar-refractivity contribution in [1.29, 1.82) is 0 Å². The van der Waals surface area contributed by atoms with Gasteiger partial charge in [0.25, 0.3) is 5.91 Å². The monoisotopic (exact) mass is 401 g/mol. The SMILES string of the molecule is COc1ccccc1C(=O)Nc1ccc(S(=O)(=O)c2ccc(Cl)cc2)cc1. The molecular weight excluding hydrogens is 386 g/mol. The van der Waals surface area contributed by atoms with Crippen molar-refractivity contribution in [1.82, 2.24) is 0 Å². The van der Waals surface area contributed by atoms with E-state index in [1.165, 1.54) is 55.6 Å². The van der Waals surface area contributed by atoms with Crippen LogP contribution in [0.5, 0.6) is 5.75 Å². The average Bonchev–Trinajstić information content (AvgIpc) is 2.68.